The first kappa shape index (κ1) is 23.8. The molecule has 2 aromatic carbocycles. The van der Waals surface area contributed by atoms with Crippen LogP contribution in [0.5, 0.6) is 0 Å². The molecule has 0 N–H and O–H groups in total. The summed E-state index contributed by atoms with van der Waals surface area (Å²) in [6.07, 6.45) is 0.644. The third-order valence-electron chi connectivity index (χ3n) is 8.94. The third kappa shape index (κ3) is 3.01. The molecule has 9 nitrogen and oxygen atoms in total. The molecule has 186 valence electrons. The fourth-order valence-electron chi connectivity index (χ4n) is 6.12. The first-order valence-electron chi connectivity index (χ1n) is 11.9. The summed E-state index contributed by atoms with van der Waals surface area (Å²) in [4.78, 5) is 65.8. The second-order valence-electron chi connectivity index (χ2n) is 10.7. The highest BCUT2D eigenvalue weighted by atomic mass is 16.6. The Kier molecular flexibility index (Phi) is 5.17. The fraction of sp³-hybridized carbons (Fsp3) is 0.407. The molecule has 5 rings (SSSR count). The Morgan fingerprint density at radius 1 is 1.06 bits per heavy atom. The molecule has 1 saturated heterocycles. The summed E-state index contributed by atoms with van der Waals surface area (Å²) in [5.41, 5.74) is -1.80. The standard InChI is InChI=1S/C27H26N2O7/c1-25(2)26(3)12-13-27(25,24(33)36-15-26)23(32)28-20(18-6-4-5-7-19(18)22(28)31)14-21(30)16-8-10-17(11-9-16)29(34)35/h4-11,20H,12-15H2,1-3H3/t20-,26+,27+/m1/s1. The summed E-state index contributed by atoms with van der Waals surface area (Å²) < 4.78 is 5.50. The fourth-order valence-corrected chi connectivity index (χ4v) is 6.12. The number of amides is 2. The van der Waals surface area contributed by atoms with Gasteiger partial charge in [-0.15, -0.1) is 0 Å². The lowest BCUT2D eigenvalue weighted by Gasteiger charge is -2.50. The van der Waals surface area contributed by atoms with E-state index in [1.807, 2.05) is 20.8 Å². The summed E-state index contributed by atoms with van der Waals surface area (Å²) in [7, 11) is 0. The van der Waals surface area contributed by atoms with E-state index in [4.69, 9.17) is 4.74 Å². The highest BCUT2D eigenvalue weighted by Crippen LogP contribution is 2.66. The highest BCUT2D eigenvalue weighted by molar-refractivity contribution is 6.16. The lowest BCUT2D eigenvalue weighted by Crippen LogP contribution is -2.61. The van der Waals surface area contributed by atoms with Gasteiger partial charge in [-0.2, -0.15) is 0 Å². The van der Waals surface area contributed by atoms with E-state index >= 15 is 0 Å². The van der Waals surface area contributed by atoms with E-state index in [2.05, 4.69) is 0 Å². The van der Waals surface area contributed by atoms with Gasteiger partial charge in [-0.05, 0) is 42.0 Å². The normalized spacial score (nSPS) is 28.0. The van der Waals surface area contributed by atoms with E-state index in [1.54, 1.807) is 24.3 Å². The van der Waals surface area contributed by atoms with E-state index in [0.29, 0.717) is 17.5 Å². The van der Waals surface area contributed by atoms with E-state index in [-0.39, 0.29) is 36.5 Å². The zero-order valence-corrected chi connectivity index (χ0v) is 20.3. The molecule has 0 aromatic heterocycles. The molecule has 1 aliphatic carbocycles. The van der Waals surface area contributed by atoms with Crippen molar-refractivity contribution < 1.29 is 28.8 Å². The molecule has 3 aliphatic rings. The molecular formula is C27H26N2O7. The summed E-state index contributed by atoms with van der Waals surface area (Å²) in [6, 6.07) is 11.0. The number of hydrogen-bond donors (Lipinski definition) is 0. The van der Waals surface area contributed by atoms with Crippen LogP contribution in [0.1, 0.15) is 72.4 Å². The lowest BCUT2D eigenvalue weighted by molar-refractivity contribution is -0.384. The van der Waals surface area contributed by atoms with Crippen molar-refractivity contribution in [2.75, 3.05) is 6.61 Å². The quantitative estimate of drug-likeness (QED) is 0.153. The van der Waals surface area contributed by atoms with E-state index in [9.17, 15) is 29.3 Å². The average molecular weight is 491 g/mol. The van der Waals surface area contributed by atoms with Gasteiger partial charge in [0, 0.05) is 35.1 Å². The van der Waals surface area contributed by atoms with Gasteiger partial charge in [0.05, 0.1) is 17.6 Å². The molecule has 36 heavy (non-hydrogen) atoms. The van der Waals surface area contributed by atoms with Gasteiger partial charge in [-0.3, -0.25) is 34.2 Å². The number of imide groups is 1. The van der Waals surface area contributed by atoms with E-state index in [0.717, 1.165) is 4.90 Å². The number of esters is 1. The molecule has 9 heteroatoms. The second kappa shape index (κ2) is 7.81. The number of fused-ring (bicyclic) bond motifs is 3. The minimum atomic E-state index is -1.54. The third-order valence-corrected chi connectivity index (χ3v) is 8.94. The molecule has 2 aliphatic heterocycles. The topological polar surface area (TPSA) is 124 Å². The Hall–Kier alpha value is -3.88. The van der Waals surface area contributed by atoms with Crippen molar-refractivity contribution in [2.45, 2.75) is 46.1 Å². The number of hydrogen-bond acceptors (Lipinski definition) is 7. The van der Waals surface area contributed by atoms with Crippen molar-refractivity contribution in [3.63, 3.8) is 0 Å². The number of carbonyl (C=O) groups excluding carboxylic acids is 4. The van der Waals surface area contributed by atoms with Crippen LogP contribution in [0.4, 0.5) is 5.69 Å². The van der Waals surface area contributed by atoms with Gasteiger partial charge in [0.25, 0.3) is 11.6 Å². The van der Waals surface area contributed by atoms with Gasteiger partial charge in [0.15, 0.2) is 11.2 Å². The predicted molar refractivity (Wildman–Crippen MR) is 127 cm³/mol. The molecular weight excluding hydrogens is 464 g/mol. The number of ether oxygens (including phenoxy) is 1. The molecule has 2 fully saturated rings. The van der Waals surface area contributed by atoms with Gasteiger partial charge in [0.2, 0.25) is 5.91 Å². The number of nitro groups is 1. The predicted octanol–water partition coefficient (Wildman–Crippen LogP) is 4.26. The van der Waals surface area contributed by atoms with Crippen molar-refractivity contribution in [2.24, 2.45) is 16.2 Å². The maximum Gasteiger partial charge on any atom is 0.322 e. The van der Waals surface area contributed by atoms with Crippen molar-refractivity contribution in [3.8, 4) is 0 Å². The van der Waals surface area contributed by atoms with Crippen LogP contribution in [-0.4, -0.2) is 40.0 Å². The van der Waals surface area contributed by atoms with Gasteiger partial charge >= 0.3 is 5.97 Å². The van der Waals surface area contributed by atoms with Crippen LogP contribution in [0.25, 0.3) is 0 Å². The molecule has 2 amide bonds. The van der Waals surface area contributed by atoms with Gasteiger partial charge < -0.3 is 4.74 Å². The van der Waals surface area contributed by atoms with Crippen molar-refractivity contribution >= 4 is 29.3 Å². The summed E-state index contributed by atoms with van der Waals surface area (Å²) in [6.45, 7) is 5.96. The van der Waals surface area contributed by atoms with Crippen LogP contribution in [-0.2, 0) is 14.3 Å². The smallest absolute Gasteiger partial charge is 0.322 e. The summed E-state index contributed by atoms with van der Waals surface area (Å²) in [5.74, 6) is -2.19. The van der Waals surface area contributed by atoms with E-state index < -0.39 is 45.0 Å². The molecule has 3 atom stereocenters. The van der Waals surface area contributed by atoms with E-state index in [1.165, 1.54) is 24.3 Å². The monoisotopic (exact) mass is 490 g/mol. The average Bonchev–Trinajstić information content (AvgIpc) is 3.17. The Morgan fingerprint density at radius 3 is 2.39 bits per heavy atom. The molecule has 2 bridgehead atoms. The minimum absolute atomic E-state index is 0.147. The number of carbonyl (C=O) groups is 4. The molecule has 0 spiro atoms. The summed E-state index contributed by atoms with van der Waals surface area (Å²) >= 11 is 0. The maximum atomic E-state index is 14.3. The molecule has 2 heterocycles. The SMILES string of the molecule is CC1(C)[C@@]2(C)CC[C@]1(C(=O)N1C(=O)c3ccccc3[C@H]1CC(=O)c1ccc([N+](=O)[O-])cc1)C(=O)OC2. The number of Topliss-reactive ketones (excluding diaryl/α,β-unsaturated/α-hetero) is 1. The number of non-ortho nitro benzene ring substituents is 1. The highest BCUT2D eigenvalue weighted by Gasteiger charge is 2.73. The van der Waals surface area contributed by atoms with Crippen molar-refractivity contribution in [3.05, 3.63) is 75.3 Å². The van der Waals surface area contributed by atoms with Crippen LogP contribution in [0.2, 0.25) is 0 Å². The van der Waals surface area contributed by atoms with Crippen LogP contribution >= 0.6 is 0 Å². The second-order valence-corrected chi connectivity index (χ2v) is 10.7. The Balaban J connectivity index is 1.54. The number of nitrogens with zero attached hydrogens (tertiary/aromatic N) is 2. The Labute approximate surface area is 207 Å². The number of benzene rings is 2. The Morgan fingerprint density at radius 2 is 1.72 bits per heavy atom. The summed E-state index contributed by atoms with van der Waals surface area (Å²) in [5, 5.41) is 11.0. The molecule has 0 unspecified atom stereocenters. The molecule has 2 aromatic rings. The van der Waals surface area contributed by atoms with Crippen LogP contribution in [0, 0.1) is 26.4 Å². The van der Waals surface area contributed by atoms with Crippen molar-refractivity contribution in [1.29, 1.82) is 0 Å². The maximum absolute atomic E-state index is 14.3. The largest absolute Gasteiger partial charge is 0.464 e. The number of nitro benzene ring substituents is 1. The van der Waals surface area contributed by atoms with Crippen molar-refractivity contribution in [1.82, 2.24) is 4.90 Å². The minimum Gasteiger partial charge on any atom is -0.464 e. The van der Waals surface area contributed by atoms with Crippen LogP contribution in [0.15, 0.2) is 48.5 Å². The Bertz CT molecular complexity index is 1330. The van der Waals surface area contributed by atoms with Gasteiger partial charge in [-0.25, -0.2) is 0 Å². The first-order valence-corrected chi connectivity index (χ1v) is 11.9. The van der Waals surface area contributed by atoms with Crippen LogP contribution < -0.4 is 0 Å². The zero-order valence-electron chi connectivity index (χ0n) is 20.3. The molecule has 0 radical (unpaired) electrons. The molecule has 1 saturated carbocycles. The van der Waals surface area contributed by atoms with Gasteiger partial charge in [-0.1, -0.05) is 39.0 Å². The number of ketones is 1. The van der Waals surface area contributed by atoms with Crippen LogP contribution in [0.3, 0.4) is 0 Å². The van der Waals surface area contributed by atoms with Gasteiger partial charge in [0.1, 0.15) is 0 Å². The zero-order chi connectivity index (χ0) is 26.0. The first-order chi connectivity index (χ1) is 16.9. The number of rotatable bonds is 5. The number of cyclic esters (lactones) is 1. The lowest BCUT2D eigenvalue weighted by atomic mass is 9.57.